The van der Waals surface area contributed by atoms with Crippen molar-refractivity contribution in [2.45, 2.75) is 45.2 Å². The second-order valence-corrected chi connectivity index (χ2v) is 8.13. The van der Waals surface area contributed by atoms with Crippen LogP contribution in [0.2, 0.25) is 0 Å². The minimum Gasteiger partial charge on any atom is -0.381 e. The first-order valence-electron chi connectivity index (χ1n) is 10.3. The van der Waals surface area contributed by atoms with Gasteiger partial charge in [-0.15, -0.1) is 0 Å². The highest BCUT2D eigenvalue weighted by atomic mass is 19.2. The monoisotopic (exact) mass is 416 g/mol. The molecule has 1 atom stereocenters. The van der Waals surface area contributed by atoms with Gasteiger partial charge in [0.25, 0.3) is 5.56 Å². The summed E-state index contributed by atoms with van der Waals surface area (Å²) in [4.78, 5) is 17.4. The van der Waals surface area contributed by atoms with Crippen molar-refractivity contribution in [3.05, 3.63) is 69.3 Å². The summed E-state index contributed by atoms with van der Waals surface area (Å²) in [7, 11) is 0. The zero-order valence-electron chi connectivity index (χ0n) is 17.1. The van der Waals surface area contributed by atoms with Gasteiger partial charge >= 0.3 is 0 Å². The molecule has 0 amide bonds. The van der Waals surface area contributed by atoms with Crippen LogP contribution in [0.5, 0.6) is 0 Å². The van der Waals surface area contributed by atoms with Crippen LogP contribution >= 0.6 is 0 Å². The molecule has 0 aliphatic carbocycles. The molecule has 0 unspecified atom stereocenters. The van der Waals surface area contributed by atoms with Crippen LogP contribution in [-0.4, -0.2) is 27.8 Å². The van der Waals surface area contributed by atoms with Crippen molar-refractivity contribution in [3.8, 4) is 0 Å². The number of benzene rings is 1. The number of hydrogen-bond donors (Lipinski definition) is 2. The minimum absolute atomic E-state index is 0.0878. The van der Waals surface area contributed by atoms with Gasteiger partial charge in [-0.1, -0.05) is 26.0 Å². The van der Waals surface area contributed by atoms with Crippen LogP contribution < -0.4 is 10.9 Å². The summed E-state index contributed by atoms with van der Waals surface area (Å²) in [6.07, 6.45) is 1.81. The SMILES string of the molecule is CC(C)[C@@H](NCc1cccc(F)c1F)c1cc(=O)n2[nH]c(C3CCOCC3)cc2n1. The number of nitrogens with one attached hydrogen (secondary N) is 2. The molecule has 6 nitrogen and oxygen atoms in total. The molecule has 0 saturated carbocycles. The molecular formula is C22H26F2N4O2. The smallest absolute Gasteiger partial charge is 0.272 e. The summed E-state index contributed by atoms with van der Waals surface area (Å²) in [5.41, 5.74) is 2.17. The highest BCUT2D eigenvalue weighted by Gasteiger charge is 2.22. The van der Waals surface area contributed by atoms with E-state index in [1.807, 2.05) is 19.9 Å². The number of halogens is 2. The van der Waals surface area contributed by atoms with Crippen LogP contribution in [0.25, 0.3) is 5.65 Å². The van der Waals surface area contributed by atoms with Crippen molar-refractivity contribution < 1.29 is 13.5 Å². The van der Waals surface area contributed by atoms with Gasteiger partial charge in [-0.2, -0.15) is 0 Å². The lowest BCUT2D eigenvalue weighted by molar-refractivity contribution is 0.0844. The lowest BCUT2D eigenvalue weighted by Gasteiger charge is -2.22. The maximum Gasteiger partial charge on any atom is 0.272 e. The summed E-state index contributed by atoms with van der Waals surface area (Å²) < 4.78 is 34.4. The Hall–Kier alpha value is -2.58. The first-order chi connectivity index (χ1) is 14.4. The molecule has 3 heterocycles. The molecule has 1 aliphatic heterocycles. The first-order valence-corrected chi connectivity index (χ1v) is 10.3. The van der Waals surface area contributed by atoms with E-state index in [2.05, 4.69) is 10.4 Å². The maximum absolute atomic E-state index is 14.0. The summed E-state index contributed by atoms with van der Waals surface area (Å²) in [6, 6.07) is 7.25. The lowest BCUT2D eigenvalue weighted by Crippen LogP contribution is -2.29. The predicted molar refractivity (Wildman–Crippen MR) is 109 cm³/mol. The molecule has 8 heteroatoms. The van der Waals surface area contributed by atoms with Crippen LogP contribution in [0.3, 0.4) is 0 Å². The fourth-order valence-electron chi connectivity index (χ4n) is 3.99. The Bertz CT molecular complexity index is 1090. The van der Waals surface area contributed by atoms with Crippen molar-refractivity contribution in [2.75, 3.05) is 13.2 Å². The number of aromatic nitrogens is 3. The Morgan fingerprint density at radius 1 is 1.27 bits per heavy atom. The summed E-state index contributed by atoms with van der Waals surface area (Å²) >= 11 is 0. The van der Waals surface area contributed by atoms with Gasteiger partial charge in [0.1, 0.15) is 0 Å². The van der Waals surface area contributed by atoms with E-state index < -0.39 is 11.6 Å². The average Bonchev–Trinajstić information content (AvgIpc) is 3.16. The van der Waals surface area contributed by atoms with Crippen molar-refractivity contribution in [3.63, 3.8) is 0 Å². The molecule has 1 saturated heterocycles. The topological polar surface area (TPSA) is 71.4 Å². The Balaban J connectivity index is 1.61. The quantitative estimate of drug-likeness (QED) is 0.643. The maximum atomic E-state index is 14.0. The number of H-pyrrole nitrogens is 1. The van der Waals surface area contributed by atoms with Gasteiger partial charge in [0.15, 0.2) is 17.3 Å². The van der Waals surface area contributed by atoms with Crippen LogP contribution in [-0.2, 0) is 11.3 Å². The number of rotatable bonds is 6. The molecule has 160 valence electrons. The third kappa shape index (κ3) is 4.15. The molecule has 1 aliphatic rings. The Morgan fingerprint density at radius 3 is 2.77 bits per heavy atom. The molecule has 0 spiro atoms. The van der Waals surface area contributed by atoms with Crippen molar-refractivity contribution >= 4 is 5.65 Å². The molecular weight excluding hydrogens is 390 g/mol. The second-order valence-electron chi connectivity index (χ2n) is 8.13. The minimum atomic E-state index is -0.874. The van der Waals surface area contributed by atoms with Crippen LogP contribution in [0, 0.1) is 17.6 Å². The average molecular weight is 416 g/mol. The molecule has 3 aromatic rings. The van der Waals surface area contributed by atoms with E-state index in [1.54, 1.807) is 6.07 Å². The highest BCUT2D eigenvalue weighted by molar-refractivity contribution is 5.41. The Morgan fingerprint density at radius 2 is 2.03 bits per heavy atom. The lowest BCUT2D eigenvalue weighted by atomic mass is 9.97. The Labute approximate surface area is 173 Å². The van der Waals surface area contributed by atoms with E-state index in [1.165, 1.54) is 16.6 Å². The third-order valence-electron chi connectivity index (χ3n) is 5.68. The van der Waals surface area contributed by atoms with E-state index in [0.29, 0.717) is 30.5 Å². The van der Waals surface area contributed by atoms with Gasteiger partial charge in [-0.25, -0.2) is 18.3 Å². The van der Waals surface area contributed by atoms with Crippen LogP contribution in [0.15, 0.2) is 35.1 Å². The molecule has 2 N–H and O–H groups in total. The molecule has 0 radical (unpaired) electrons. The fourth-order valence-corrected chi connectivity index (χ4v) is 3.99. The summed E-state index contributed by atoms with van der Waals surface area (Å²) in [5, 5.41) is 6.41. The van der Waals surface area contributed by atoms with E-state index in [4.69, 9.17) is 9.72 Å². The number of hydrogen-bond acceptors (Lipinski definition) is 4. The van der Waals surface area contributed by atoms with Crippen LogP contribution in [0.1, 0.15) is 55.6 Å². The van der Waals surface area contributed by atoms with Gasteiger partial charge in [0.2, 0.25) is 0 Å². The van der Waals surface area contributed by atoms with Gasteiger partial charge in [0, 0.05) is 49.1 Å². The fraction of sp³-hybridized carbons (Fsp3) is 0.455. The number of fused-ring (bicyclic) bond motifs is 1. The van der Waals surface area contributed by atoms with Gasteiger partial charge in [0.05, 0.1) is 11.7 Å². The van der Waals surface area contributed by atoms with Crippen molar-refractivity contribution in [1.82, 2.24) is 19.9 Å². The highest BCUT2D eigenvalue weighted by Crippen LogP contribution is 2.27. The zero-order valence-corrected chi connectivity index (χ0v) is 17.1. The molecule has 1 aromatic carbocycles. The van der Waals surface area contributed by atoms with E-state index in [0.717, 1.165) is 24.6 Å². The molecule has 30 heavy (non-hydrogen) atoms. The zero-order chi connectivity index (χ0) is 21.3. The van der Waals surface area contributed by atoms with Gasteiger partial charge < -0.3 is 10.1 Å². The van der Waals surface area contributed by atoms with Crippen LogP contribution in [0.4, 0.5) is 8.78 Å². The standard InChI is InChI=1S/C22H26F2N4O2/c1-13(2)22(25-12-15-4-3-5-16(23)21(15)24)18-11-20(29)28-19(26-18)10-17(27-28)14-6-8-30-9-7-14/h3-5,10-11,13-14,22,25,27H,6-9,12H2,1-2H3/t22-/m1/s1. The van der Waals surface area contributed by atoms with E-state index in [-0.39, 0.29) is 29.6 Å². The first kappa shape index (κ1) is 20.7. The molecule has 1 fully saturated rings. The summed E-state index contributed by atoms with van der Waals surface area (Å²) in [6.45, 7) is 5.54. The third-order valence-corrected chi connectivity index (χ3v) is 5.68. The van der Waals surface area contributed by atoms with Crippen molar-refractivity contribution in [1.29, 1.82) is 0 Å². The van der Waals surface area contributed by atoms with E-state index in [9.17, 15) is 13.6 Å². The second kappa shape index (κ2) is 8.65. The molecule has 2 aromatic heterocycles. The Kier molecular flexibility index (Phi) is 5.97. The summed E-state index contributed by atoms with van der Waals surface area (Å²) in [5.74, 6) is -1.33. The number of nitrogens with zero attached hydrogens (tertiary/aromatic N) is 2. The molecule has 0 bridgehead atoms. The number of aromatic amines is 1. The normalized spacial score (nSPS) is 16.4. The van der Waals surface area contributed by atoms with E-state index >= 15 is 0 Å². The van der Waals surface area contributed by atoms with Crippen molar-refractivity contribution in [2.24, 2.45) is 5.92 Å². The van der Waals surface area contributed by atoms with Gasteiger partial charge in [-0.05, 0) is 24.8 Å². The van der Waals surface area contributed by atoms with Gasteiger partial charge in [-0.3, -0.25) is 9.89 Å². The predicted octanol–water partition coefficient (Wildman–Crippen LogP) is 3.68. The molecule has 4 rings (SSSR count). The number of ether oxygens (including phenoxy) is 1. The largest absolute Gasteiger partial charge is 0.381 e.